The van der Waals surface area contributed by atoms with E-state index in [2.05, 4.69) is 5.32 Å². The highest BCUT2D eigenvalue weighted by molar-refractivity contribution is 6.32. The topological polar surface area (TPSA) is 60.0 Å². The Morgan fingerprint density at radius 1 is 1.31 bits per heavy atom. The molecule has 1 atom stereocenters. The first-order chi connectivity index (χ1) is 12.5. The molecule has 0 aromatic heterocycles. The molecule has 1 aliphatic heterocycles. The molecule has 0 spiro atoms. The van der Waals surface area contributed by atoms with Gasteiger partial charge >= 0.3 is 0 Å². The molecule has 1 aliphatic rings. The van der Waals surface area contributed by atoms with Crippen molar-refractivity contribution in [3.63, 3.8) is 0 Å². The number of hydrogen-bond acceptors (Lipinski definition) is 5. The molecule has 0 saturated heterocycles. The minimum atomic E-state index is -0.230. The van der Waals surface area contributed by atoms with Crippen molar-refractivity contribution in [1.29, 1.82) is 0 Å². The molecule has 0 aliphatic carbocycles. The quantitative estimate of drug-likeness (QED) is 0.839. The van der Waals surface area contributed by atoms with Gasteiger partial charge < -0.3 is 24.4 Å². The molecule has 1 heterocycles. The Balaban J connectivity index is 1.76. The van der Waals surface area contributed by atoms with Crippen LogP contribution in [-0.2, 0) is 0 Å². The highest BCUT2D eigenvalue weighted by Crippen LogP contribution is 2.39. The van der Waals surface area contributed by atoms with Crippen LogP contribution in [0.4, 0.5) is 0 Å². The van der Waals surface area contributed by atoms with E-state index in [0.29, 0.717) is 28.6 Å². The minimum Gasteiger partial charge on any atom is -0.496 e. The molecule has 0 radical (unpaired) electrons. The molecular weight excluding hydrogens is 356 g/mol. The van der Waals surface area contributed by atoms with Gasteiger partial charge in [0.1, 0.15) is 5.75 Å². The minimum absolute atomic E-state index is 0.0421. The van der Waals surface area contributed by atoms with Gasteiger partial charge in [-0.2, -0.15) is 0 Å². The summed E-state index contributed by atoms with van der Waals surface area (Å²) < 4.78 is 16.0. The Hall–Kier alpha value is -2.44. The zero-order valence-corrected chi connectivity index (χ0v) is 15.7. The number of carbonyl (C=O) groups is 1. The SMILES string of the molecule is COc1ccccc1C(CNC(=O)c1cc(Cl)c2c(c1)OCO2)N(C)C. The number of carbonyl (C=O) groups excluding carboxylic acids is 1. The van der Waals surface area contributed by atoms with E-state index in [-0.39, 0.29) is 18.7 Å². The van der Waals surface area contributed by atoms with Crippen molar-refractivity contribution < 1.29 is 19.0 Å². The van der Waals surface area contributed by atoms with Crippen LogP contribution in [0, 0.1) is 0 Å². The Morgan fingerprint density at radius 2 is 2.08 bits per heavy atom. The number of fused-ring (bicyclic) bond motifs is 1. The maximum absolute atomic E-state index is 12.6. The summed E-state index contributed by atoms with van der Waals surface area (Å²) in [7, 11) is 5.56. The maximum Gasteiger partial charge on any atom is 0.251 e. The van der Waals surface area contributed by atoms with Crippen molar-refractivity contribution in [3.05, 3.63) is 52.5 Å². The Kier molecular flexibility index (Phi) is 5.54. The number of halogens is 1. The van der Waals surface area contributed by atoms with Crippen LogP contribution in [0.2, 0.25) is 5.02 Å². The first-order valence-electron chi connectivity index (χ1n) is 8.18. The molecule has 26 heavy (non-hydrogen) atoms. The van der Waals surface area contributed by atoms with Crippen molar-refractivity contribution in [2.24, 2.45) is 0 Å². The van der Waals surface area contributed by atoms with Crippen LogP contribution in [0.3, 0.4) is 0 Å². The number of amides is 1. The van der Waals surface area contributed by atoms with Crippen molar-refractivity contribution in [1.82, 2.24) is 10.2 Å². The number of hydrogen-bond donors (Lipinski definition) is 1. The molecule has 2 aromatic carbocycles. The third-order valence-electron chi connectivity index (χ3n) is 4.27. The van der Waals surface area contributed by atoms with Gasteiger partial charge in [0, 0.05) is 17.7 Å². The van der Waals surface area contributed by atoms with Crippen LogP contribution < -0.4 is 19.5 Å². The molecule has 3 rings (SSSR count). The molecule has 0 fully saturated rings. The van der Waals surface area contributed by atoms with Gasteiger partial charge in [0.25, 0.3) is 5.91 Å². The van der Waals surface area contributed by atoms with Gasteiger partial charge in [0.15, 0.2) is 11.5 Å². The number of ether oxygens (including phenoxy) is 3. The number of nitrogens with zero attached hydrogens (tertiary/aromatic N) is 1. The molecule has 0 bridgehead atoms. The number of nitrogens with one attached hydrogen (secondary N) is 1. The van der Waals surface area contributed by atoms with Gasteiger partial charge in [-0.05, 0) is 32.3 Å². The van der Waals surface area contributed by atoms with Gasteiger partial charge in [-0.3, -0.25) is 4.79 Å². The van der Waals surface area contributed by atoms with E-state index in [1.54, 1.807) is 19.2 Å². The van der Waals surface area contributed by atoms with Crippen LogP contribution in [0.5, 0.6) is 17.2 Å². The Bertz CT molecular complexity index is 810. The number of rotatable bonds is 6. The monoisotopic (exact) mass is 376 g/mol. The van der Waals surface area contributed by atoms with Crippen LogP contribution in [-0.4, -0.2) is 45.3 Å². The Morgan fingerprint density at radius 3 is 2.81 bits per heavy atom. The largest absolute Gasteiger partial charge is 0.496 e. The maximum atomic E-state index is 12.6. The van der Waals surface area contributed by atoms with Gasteiger partial charge in [0.05, 0.1) is 18.2 Å². The van der Waals surface area contributed by atoms with E-state index in [1.165, 1.54) is 0 Å². The summed E-state index contributed by atoms with van der Waals surface area (Å²) in [5, 5.41) is 3.32. The van der Waals surface area contributed by atoms with Gasteiger partial charge in [0.2, 0.25) is 6.79 Å². The lowest BCUT2D eigenvalue weighted by Crippen LogP contribution is -2.34. The van der Waals surface area contributed by atoms with Crippen LogP contribution in [0.1, 0.15) is 22.0 Å². The van der Waals surface area contributed by atoms with Crippen LogP contribution in [0.15, 0.2) is 36.4 Å². The lowest BCUT2D eigenvalue weighted by Gasteiger charge is -2.26. The smallest absolute Gasteiger partial charge is 0.251 e. The zero-order chi connectivity index (χ0) is 18.7. The standard InChI is InChI=1S/C19H21ClN2O4/c1-22(2)15(13-6-4-5-7-16(13)24-3)10-21-19(23)12-8-14(20)18-17(9-12)25-11-26-18/h4-9,15H,10-11H2,1-3H3,(H,21,23). The fourth-order valence-corrected chi connectivity index (χ4v) is 3.17. The summed E-state index contributed by atoms with van der Waals surface area (Å²) in [4.78, 5) is 14.6. The van der Waals surface area contributed by atoms with Crippen molar-refractivity contribution >= 4 is 17.5 Å². The van der Waals surface area contributed by atoms with Crippen molar-refractivity contribution in [3.8, 4) is 17.2 Å². The number of benzene rings is 2. The predicted octanol–water partition coefficient (Wildman–Crippen LogP) is 3.11. The molecule has 1 amide bonds. The first-order valence-corrected chi connectivity index (χ1v) is 8.55. The lowest BCUT2D eigenvalue weighted by molar-refractivity contribution is 0.0941. The van der Waals surface area contributed by atoms with E-state index in [0.717, 1.165) is 11.3 Å². The van der Waals surface area contributed by atoms with E-state index in [4.69, 9.17) is 25.8 Å². The average molecular weight is 377 g/mol. The van der Waals surface area contributed by atoms with E-state index >= 15 is 0 Å². The molecule has 6 nitrogen and oxygen atoms in total. The van der Waals surface area contributed by atoms with Gasteiger partial charge in [-0.15, -0.1) is 0 Å². The fourth-order valence-electron chi connectivity index (χ4n) is 2.90. The molecule has 2 aromatic rings. The summed E-state index contributed by atoms with van der Waals surface area (Å²) >= 11 is 6.16. The molecule has 138 valence electrons. The summed E-state index contributed by atoms with van der Waals surface area (Å²) in [6.07, 6.45) is 0. The second-order valence-corrected chi connectivity index (χ2v) is 6.53. The highest BCUT2D eigenvalue weighted by atomic mass is 35.5. The zero-order valence-electron chi connectivity index (χ0n) is 14.9. The van der Waals surface area contributed by atoms with E-state index < -0.39 is 0 Å². The number of para-hydroxylation sites is 1. The summed E-state index contributed by atoms with van der Waals surface area (Å²) in [6, 6.07) is 10.9. The molecule has 1 unspecified atom stereocenters. The highest BCUT2D eigenvalue weighted by Gasteiger charge is 2.22. The average Bonchev–Trinajstić information content (AvgIpc) is 3.11. The lowest BCUT2D eigenvalue weighted by atomic mass is 10.0. The third kappa shape index (κ3) is 3.71. The summed E-state index contributed by atoms with van der Waals surface area (Å²) in [6.45, 7) is 0.523. The van der Waals surface area contributed by atoms with Crippen molar-refractivity contribution in [2.45, 2.75) is 6.04 Å². The fraction of sp³-hybridized carbons (Fsp3) is 0.316. The first kappa shape index (κ1) is 18.4. The third-order valence-corrected chi connectivity index (χ3v) is 4.55. The van der Waals surface area contributed by atoms with Gasteiger partial charge in [-0.1, -0.05) is 29.8 Å². The van der Waals surface area contributed by atoms with Crippen LogP contribution >= 0.6 is 11.6 Å². The van der Waals surface area contributed by atoms with Gasteiger partial charge in [-0.25, -0.2) is 0 Å². The number of likely N-dealkylation sites (N-methyl/N-ethyl adjacent to an activating group) is 1. The predicted molar refractivity (Wildman–Crippen MR) is 99.3 cm³/mol. The molecular formula is C19H21ClN2O4. The van der Waals surface area contributed by atoms with E-state index in [9.17, 15) is 4.79 Å². The summed E-state index contributed by atoms with van der Waals surface area (Å²) in [5.41, 5.74) is 1.43. The Labute approximate surface area is 157 Å². The van der Waals surface area contributed by atoms with Crippen LogP contribution in [0.25, 0.3) is 0 Å². The summed E-state index contributed by atoms with van der Waals surface area (Å²) in [5.74, 6) is 1.51. The van der Waals surface area contributed by atoms with E-state index in [1.807, 2.05) is 43.3 Å². The molecule has 1 N–H and O–H groups in total. The van der Waals surface area contributed by atoms with Crippen molar-refractivity contribution in [2.75, 3.05) is 34.5 Å². The normalized spacial score (nSPS) is 13.6. The second-order valence-electron chi connectivity index (χ2n) is 6.12. The second kappa shape index (κ2) is 7.85. The number of methoxy groups -OCH3 is 1. The molecule has 0 saturated carbocycles. The molecule has 7 heteroatoms.